The number of halogens is 1. The molecule has 2 heterocycles. The van der Waals surface area contributed by atoms with Crippen molar-refractivity contribution in [1.82, 2.24) is 25.4 Å². The van der Waals surface area contributed by atoms with E-state index in [0.29, 0.717) is 22.4 Å². The number of rotatable bonds is 3. The first-order valence-corrected chi connectivity index (χ1v) is 7.26. The summed E-state index contributed by atoms with van der Waals surface area (Å²) in [7, 11) is 0. The van der Waals surface area contributed by atoms with E-state index >= 15 is 0 Å². The van der Waals surface area contributed by atoms with Gasteiger partial charge in [0, 0.05) is 22.2 Å². The lowest BCUT2D eigenvalue weighted by Crippen LogP contribution is -1.99. The van der Waals surface area contributed by atoms with E-state index in [-0.39, 0.29) is 0 Å². The zero-order valence-electron chi connectivity index (χ0n) is 11.8. The van der Waals surface area contributed by atoms with Gasteiger partial charge in [0.1, 0.15) is 0 Å². The molecule has 23 heavy (non-hydrogen) atoms. The molecule has 2 aromatic carbocycles. The third-order valence-corrected chi connectivity index (χ3v) is 3.60. The van der Waals surface area contributed by atoms with Crippen molar-refractivity contribution in [2.24, 2.45) is 0 Å². The molecule has 0 saturated carbocycles. The van der Waals surface area contributed by atoms with E-state index in [1.165, 1.54) is 4.68 Å². The van der Waals surface area contributed by atoms with Crippen LogP contribution in [0.15, 0.2) is 65.2 Å². The van der Waals surface area contributed by atoms with E-state index in [2.05, 4.69) is 20.7 Å². The molecule has 0 aliphatic rings. The van der Waals surface area contributed by atoms with Crippen LogP contribution in [0.1, 0.15) is 0 Å². The van der Waals surface area contributed by atoms with Gasteiger partial charge in [0.05, 0.1) is 0 Å². The maximum atomic E-state index is 5.90. The summed E-state index contributed by atoms with van der Waals surface area (Å²) in [5.41, 5.74) is 1.77. The number of nitrogens with zero attached hydrogens (tertiary/aromatic N) is 5. The molecule has 0 unspecified atom stereocenters. The summed E-state index contributed by atoms with van der Waals surface area (Å²) in [5, 5.41) is 16.5. The van der Waals surface area contributed by atoms with Crippen LogP contribution in [-0.4, -0.2) is 25.4 Å². The zero-order chi connectivity index (χ0) is 15.6. The lowest BCUT2D eigenvalue weighted by Gasteiger charge is -1.99. The van der Waals surface area contributed by atoms with Crippen molar-refractivity contribution in [3.63, 3.8) is 0 Å². The number of hydrogen-bond acceptors (Lipinski definition) is 5. The van der Waals surface area contributed by atoms with Crippen molar-refractivity contribution < 1.29 is 4.52 Å². The molecule has 0 spiro atoms. The van der Waals surface area contributed by atoms with Crippen molar-refractivity contribution in [2.45, 2.75) is 0 Å². The zero-order valence-corrected chi connectivity index (χ0v) is 12.6. The molecule has 0 aliphatic heterocycles. The molecule has 112 valence electrons. The molecule has 4 aromatic rings. The maximum Gasteiger partial charge on any atom is 0.201 e. The van der Waals surface area contributed by atoms with Gasteiger partial charge in [0.2, 0.25) is 5.82 Å². The number of hydrogen-bond donors (Lipinski definition) is 0. The third kappa shape index (κ3) is 2.60. The molecule has 0 amide bonds. The Morgan fingerprint density at radius 1 is 0.913 bits per heavy atom. The fourth-order valence-corrected chi connectivity index (χ4v) is 2.35. The second-order valence-electron chi connectivity index (χ2n) is 4.84. The van der Waals surface area contributed by atoms with Crippen molar-refractivity contribution >= 4 is 11.6 Å². The predicted octanol–water partition coefficient (Wildman–Crippen LogP) is 3.64. The molecule has 0 fully saturated rings. The highest BCUT2D eigenvalue weighted by Gasteiger charge is 2.15. The Kier molecular flexibility index (Phi) is 3.36. The lowest BCUT2D eigenvalue weighted by atomic mass is 10.2. The Morgan fingerprint density at radius 2 is 1.70 bits per heavy atom. The minimum Gasteiger partial charge on any atom is -0.354 e. The van der Waals surface area contributed by atoms with Crippen LogP contribution in [0.2, 0.25) is 5.02 Å². The van der Waals surface area contributed by atoms with Gasteiger partial charge in [-0.2, -0.15) is 4.68 Å². The van der Waals surface area contributed by atoms with E-state index < -0.39 is 0 Å². The summed E-state index contributed by atoms with van der Waals surface area (Å²) < 4.78 is 6.94. The largest absolute Gasteiger partial charge is 0.354 e. The molecular weight excluding hydrogens is 314 g/mol. The first-order valence-electron chi connectivity index (χ1n) is 6.88. The highest BCUT2D eigenvalue weighted by Crippen LogP contribution is 2.25. The predicted molar refractivity (Wildman–Crippen MR) is 85.1 cm³/mol. The third-order valence-electron chi connectivity index (χ3n) is 3.34. The Hall–Kier alpha value is -2.99. The molecular formula is C16H10ClN5O. The van der Waals surface area contributed by atoms with Crippen LogP contribution in [-0.2, 0) is 0 Å². The van der Waals surface area contributed by atoms with Crippen LogP contribution in [0.5, 0.6) is 0 Å². The van der Waals surface area contributed by atoms with Gasteiger partial charge in [-0.3, -0.25) is 0 Å². The van der Waals surface area contributed by atoms with Crippen LogP contribution < -0.4 is 0 Å². The summed E-state index contributed by atoms with van der Waals surface area (Å²) >= 11 is 5.90. The van der Waals surface area contributed by atoms with Gasteiger partial charge in [-0.25, -0.2) is 0 Å². The lowest BCUT2D eigenvalue weighted by molar-refractivity contribution is 0.426. The topological polar surface area (TPSA) is 69.6 Å². The number of benzene rings is 2. The fourth-order valence-electron chi connectivity index (χ4n) is 2.22. The van der Waals surface area contributed by atoms with Gasteiger partial charge in [-0.1, -0.05) is 47.1 Å². The molecule has 0 N–H and O–H groups in total. The Labute approximate surface area is 136 Å². The average Bonchev–Trinajstić information content (AvgIpc) is 3.25. The van der Waals surface area contributed by atoms with E-state index in [1.54, 1.807) is 18.2 Å². The minimum absolute atomic E-state index is 0.513. The summed E-state index contributed by atoms with van der Waals surface area (Å²) in [6.45, 7) is 0. The highest BCUT2D eigenvalue weighted by atomic mass is 35.5. The smallest absolute Gasteiger partial charge is 0.201 e. The molecule has 7 heteroatoms. The molecule has 6 nitrogen and oxygen atoms in total. The Balaban J connectivity index is 1.73. The Morgan fingerprint density at radius 3 is 2.48 bits per heavy atom. The van der Waals surface area contributed by atoms with Crippen LogP contribution >= 0.6 is 11.6 Å². The second-order valence-corrected chi connectivity index (χ2v) is 5.27. The van der Waals surface area contributed by atoms with Crippen LogP contribution in [0, 0.1) is 0 Å². The molecule has 0 saturated heterocycles. The van der Waals surface area contributed by atoms with Gasteiger partial charge in [-0.05, 0) is 34.7 Å². The van der Waals surface area contributed by atoms with Gasteiger partial charge in [0.25, 0.3) is 0 Å². The van der Waals surface area contributed by atoms with Gasteiger partial charge >= 0.3 is 0 Å². The minimum atomic E-state index is 0.513. The van der Waals surface area contributed by atoms with Crippen molar-refractivity contribution in [3.05, 3.63) is 65.7 Å². The molecule has 2 aromatic heterocycles. The standard InChI is InChI=1S/C16H10ClN5O/c17-13-8-6-11(7-9-13)14-10-15(19-23-14)22-16(18-20-21-22)12-4-2-1-3-5-12/h1-10H. The second kappa shape index (κ2) is 5.66. The van der Waals surface area contributed by atoms with E-state index in [4.69, 9.17) is 16.1 Å². The van der Waals surface area contributed by atoms with E-state index in [1.807, 2.05) is 42.5 Å². The molecule has 0 bridgehead atoms. The highest BCUT2D eigenvalue weighted by molar-refractivity contribution is 6.30. The first-order chi connectivity index (χ1) is 11.3. The monoisotopic (exact) mass is 323 g/mol. The van der Waals surface area contributed by atoms with Crippen LogP contribution in [0.25, 0.3) is 28.5 Å². The molecule has 0 radical (unpaired) electrons. The van der Waals surface area contributed by atoms with Crippen molar-refractivity contribution in [2.75, 3.05) is 0 Å². The van der Waals surface area contributed by atoms with Crippen molar-refractivity contribution in [3.8, 4) is 28.5 Å². The molecule has 0 atom stereocenters. The van der Waals surface area contributed by atoms with Crippen LogP contribution in [0.3, 0.4) is 0 Å². The summed E-state index contributed by atoms with van der Waals surface area (Å²) in [4.78, 5) is 0. The van der Waals surface area contributed by atoms with E-state index in [0.717, 1.165) is 11.1 Å². The normalized spacial score (nSPS) is 10.8. The first kappa shape index (κ1) is 13.7. The quantitative estimate of drug-likeness (QED) is 0.575. The van der Waals surface area contributed by atoms with Gasteiger partial charge < -0.3 is 4.52 Å². The Bertz CT molecular complexity index is 931. The molecule has 0 aliphatic carbocycles. The summed E-state index contributed by atoms with van der Waals surface area (Å²) in [6.07, 6.45) is 0. The average molecular weight is 324 g/mol. The summed E-state index contributed by atoms with van der Waals surface area (Å²) in [6, 6.07) is 18.8. The summed E-state index contributed by atoms with van der Waals surface area (Å²) in [5.74, 6) is 1.73. The SMILES string of the molecule is Clc1ccc(-c2cc(-n3nnnc3-c3ccccc3)no2)cc1. The van der Waals surface area contributed by atoms with Crippen molar-refractivity contribution in [1.29, 1.82) is 0 Å². The number of tetrazole rings is 1. The van der Waals surface area contributed by atoms with E-state index in [9.17, 15) is 0 Å². The van der Waals surface area contributed by atoms with Gasteiger partial charge in [-0.15, -0.1) is 5.10 Å². The number of aromatic nitrogens is 5. The van der Waals surface area contributed by atoms with Gasteiger partial charge in [0.15, 0.2) is 11.6 Å². The van der Waals surface area contributed by atoms with Crippen LogP contribution in [0.4, 0.5) is 0 Å². The maximum absolute atomic E-state index is 5.90. The molecule has 4 rings (SSSR count). The fraction of sp³-hybridized carbons (Fsp3) is 0.